The Morgan fingerprint density at radius 2 is 1.68 bits per heavy atom. The van der Waals surface area contributed by atoms with Crippen molar-refractivity contribution in [3.05, 3.63) is 30.1 Å². The first kappa shape index (κ1) is 17.4. The van der Waals surface area contributed by atoms with Gasteiger partial charge in [-0.1, -0.05) is 6.42 Å². The molecule has 0 aromatic heterocycles. The molecule has 0 bridgehead atoms. The van der Waals surface area contributed by atoms with E-state index in [1.165, 1.54) is 12.1 Å². The number of piperazine rings is 1. The van der Waals surface area contributed by atoms with Crippen LogP contribution in [0, 0.1) is 11.7 Å². The molecule has 0 radical (unpaired) electrons. The van der Waals surface area contributed by atoms with E-state index in [0.717, 1.165) is 24.9 Å². The number of amides is 2. The number of anilines is 1. The lowest BCUT2D eigenvalue weighted by Gasteiger charge is -2.36. The average Bonchev–Trinajstić information content (AvgIpc) is 2.58. The molecule has 7 heteroatoms. The minimum absolute atomic E-state index is 0.145. The molecule has 1 aromatic carbocycles. The fourth-order valence-corrected chi connectivity index (χ4v) is 3.08. The zero-order valence-electron chi connectivity index (χ0n) is 14.0. The van der Waals surface area contributed by atoms with Gasteiger partial charge in [-0.3, -0.25) is 14.4 Å². The van der Waals surface area contributed by atoms with E-state index >= 15 is 0 Å². The van der Waals surface area contributed by atoms with Crippen molar-refractivity contribution in [1.82, 2.24) is 10.2 Å². The number of hydrogen-bond acceptors (Lipinski definition) is 4. The number of nitrogens with zero attached hydrogens (tertiary/aromatic N) is 2. The SMILES string of the molecule is O=C(NCC(=O)N1CCN(c2ccc(F)cc2)CC1)C(=O)C1CCC1. The maximum atomic E-state index is 13.0. The van der Waals surface area contributed by atoms with Crippen molar-refractivity contribution in [2.24, 2.45) is 5.92 Å². The number of ketones is 1. The molecule has 0 unspecified atom stereocenters. The first-order chi connectivity index (χ1) is 12.0. The summed E-state index contributed by atoms with van der Waals surface area (Å²) < 4.78 is 13.0. The van der Waals surface area contributed by atoms with E-state index < -0.39 is 11.7 Å². The molecule has 2 aliphatic rings. The zero-order valence-corrected chi connectivity index (χ0v) is 14.0. The van der Waals surface area contributed by atoms with Crippen molar-refractivity contribution in [3.8, 4) is 0 Å². The van der Waals surface area contributed by atoms with Crippen LogP contribution in [0.1, 0.15) is 19.3 Å². The van der Waals surface area contributed by atoms with Gasteiger partial charge in [0, 0.05) is 37.8 Å². The quantitative estimate of drug-likeness (QED) is 0.806. The van der Waals surface area contributed by atoms with E-state index in [1.54, 1.807) is 17.0 Å². The number of carbonyl (C=O) groups is 3. The molecule has 0 atom stereocenters. The van der Waals surface area contributed by atoms with Crippen LogP contribution in [-0.2, 0) is 14.4 Å². The van der Waals surface area contributed by atoms with Gasteiger partial charge in [-0.2, -0.15) is 0 Å². The summed E-state index contributed by atoms with van der Waals surface area (Å²) in [6.45, 7) is 2.21. The Bertz CT molecular complexity index is 650. The second-order valence-corrected chi connectivity index (χ2v) is 6.52. The monoisotopic (exact) mass is 347 g/mol. The number of nitrogens with one attached hydrogen (secondary N) is 1. The van der Waals surface area contributed by atoms with Crippen molar-refractivity contribution in [3.63, 3.8) is 0 Å². The summed E-state index contributed by atoms with van der Waals surface area (Å²) in [6.07, 6.45) is 2.53. The Balaban J connectivity index is 1.42. The van der Waals surface area contributed by atoms with Crippen LogP contribution in [0.3, 0.4) is 0 Å². The Kier molecular flexibility index (Phi) is 5.31. The molecular weight excluding hydrogens is 325 g/mol. The molecule has 1 heterocycles. The van der Waals surface area contributed by atoms with Crippen LogP contribution >= 0.6 is 0 Å². The van der Waals surface area contributed by atoms with Crippen LogP contribution in [0.15, 0.2) is 24.3 Å². The summed E-state index contributed by atoms with van der Waals surface area (Å²) in [5.74, 6) is -1.67. The molecule has 3 rings (SSSR count). The van der Waals surface area contributed by atoms with Gasteiger partial charge in [-0.05, 0) is 37.1 Å². The number of rotatable bonds is 5. The van der Waals surface area contributed by atoms with Crippen LogP contribution in [0.2, 0.25) is 0 Å². The van der Waals surface area contributed by atoms with Crippen LogP contribution < -0.4 is 10.2 Å². The molecule has 1 aliphatic heterocycles. The third kappa shape index (κ3) is 4.15. The maximum Gasteiger partial charge on any atom is 0.288 e. The van der Waals surface area contributed by atoms with Gasteiger partial charge in [0.1, 0.15) is 5.82 Å². The molecule has 134 valence electrons. The molecule has 6 nitrogen and oxygen atoms in total. The first-order valence-corrected chi connectivity index (χ1v) is 8.65. The maximum absolute atomic E-state index is 13.0. The minimum Gasteiger partial charge on any atom is -0.368 e. The van der Waals surface area contributed by atoms with E-state index in [-0.39, 0.29) is 24.2 Å². The van der Waals surface area contributed by atoms with Crippen molar-refractivity contribution in [2.45, 2.75) is 19.3 Å². The van der Waals surface area contributed by atoms with Crippen molar-refractivity contribution >= 4 is 23.3 Å². The van der Waals surface area contributed by atoms with Gasteiger partial charge in [0.2, 0.25) is 11.7 Å². The molecule has 1 aliphatic carbocycles. The number of benzene rings is 1. The predicted molar refractivity (Wildman–Crippen MR) is 90.6 cm³/mol. The summed E-state index contributed by atoms with van der Waals surface area (Å²) >= 11 is 0. The number of halogens is 1. The third-order valence-electron chi connectivity index (χ3n) is 4.92. The zero-order chi connectivity index (χ0) is 17.8. The highest BCUT2D eigenvalue weighted by Gasteiger charge is 2.30. The predicted octanol–water partition coefficient (Wildman–Crippen LogP) is 0.960. The Labute approximate surface area is 146 Å². The van der Waals surface area contributed by atoms with Crippen molar-refractivity contribution < 1.29 is 18.8 Å². The lowest BCUT2D eigenvalue weighted by molar-refractivity contribution is -0.142. The number of hydrogen-bond donors (Lipinski definition) is 1. The molecular formula is C18H22FN3O3. The lowest BCUT2D eigenvalue weighted by atomic mass is 9.82. The molecule has 1 saturated heterocycles. The third-order valence-corrected chi connectivity index (χ3v) is 4.92. The van der Waals surface area contributed by atoms with Crippen LogP contribution in [0.25, 0.3) is 0 Å². The topological polar surface area (TPSA) is 69.7 Å². The van der Waals surface area contributed by atoms with Gasteiger partial charge in [-0.25, -0.2) is 4.39 Å². The molecule has 1 aromatic rings. The van der Waals surface area contributed by atoms with E-state index in [2.05, 4.69) is 10.2 Å². The molecule has 2 amide bonds. The second-order valence-electron chi connectivity index (χ2n) is 6.52. The van der Waals surface area contributed by atoms with Crippen molar-refractivity contribution in [1.29, 1.82) is 0 Å². The summed E-state index contributed by atoms with van der Waals surface area (Å²) in [5, 5.41) is 2.44. The Morgan fingerprint density at radius 3 is 2.24 bits per heavy atom. The first-order valence-electron chi connectivity index (χ1n) is 8.65. The Morgan fingerprint density at radius 1 is 1.04 bits per heavy atom. The van der Waals surface area contributed by atoms with Gasteiger partial charge in [0.25, 0.3) is 5.91 Å². The van der Waals surface area contributed by atoms with Gasteiger partial charge in [-0.15, -0.1) is 0 Å². The summed E-state index contributed by atoms with van der Waals surface area (Å²) in [7, 11) is 0. The molecule has 25 heavy (non-hydrogen) atoms. The van der Waals surface area contributed by atoms with Crippen LogP contribution in [-0.4, -0.2) is 55.2 Å². The van der Waals surface area contributed by atoms with Crippen molar-refractivity contribution in [2.75, 3.05) is 37.6 Å². The van der Waals surface area contributed by atoms with Gasteiger partial charge in [0.15, 0.2) is 0 Å². The fraction of sp³-hybridized carbons (Fsp3) is 0.500. The summed E-state index contributed by atoms with van der Waals surface area (Å²) in [4.78, 5) is 39.5. The fourth-order valence-electron chi connectivity index (χ4n) is 3.08. The minimum atomic E-state index is -0.650. The van der Waals surface area contributed by atoms with E-state index in [4.69, 9.17) is 0 Å². The molecule has 2 fully saturated rings. The number of Topliss-reactive ketones (excluding diaryl/α,β-unsaturated/α-hetero) is 1. The molecule has 1 saturated carbocycles. The van der Waals surface area contributed by atoms with E-state index in [9.17, 15) is 18.8 Å². The average molecular weight is 347 g/mol. The number of carbonyl (C=O) groups excluding carboxylic acids is 3. The summed E-state index contributed by atoms with van der Waals surface area (Å²) in [5.41, 5.74) is 0.924. The normalized spacial score (nSPS) is 17.8. The van der Waals surface area contributed by atoms with Gasteiger partial charge in [0.05, 0.1) is 6.54 Å². The van der Waals surface area contributed by atoms with Gasteiger partial charge < -0.3 is 15.1 Å². The van der Waals surface area contributed by atoms with Crippen LogP contribution in [0.4, 0.5) is 10.1 Å². The van der Waals surface area contributed by atoms with E-state index in [1.807, 2.05) is 0 Å². The second kappa shape index (κ2) is 7.63. The highest BCUT2D eigenvalue weighted by Crippen LogP contribution is 2.26. The summed E-state index contributed by atoms with van der Waals surface area (Å²) in [6, 6.07) is 6.28. The van der Waals surface area contributed by atoms with E-state index in [0.29, 0.717) is 26.2 Å². The smallest absolute Gasteiger partial charge is 0.288 e. The van der Waals surface area contributed by atoms with Crippen LogP contribution in [0.5, 0.6) is 0 Å². The Hall–Kier alpha value is -2.44. The standard InChI is InChI=1S/C18H22FN3O3/c19-14-4-6-15(7-5-14)21-8-10-22(11-9-21)16(23)12-20-18(25)17(24)13-2-1-3-13/h4-7,13H,1-3,8-12H2,(H,20,25). The molecule has 1 N–H and O–H groups in total. The lowest BCUT2D eigenvalue weighted by Crippen LogP contribution is -2.52. The molecule has 0 spiro atoms. The van der Waals surface area contributed by atoms with Gasteiger partial charge >= 0.3 is 0 Å². The largest absolute Gasteiger partial charge is 0.368 e. The highest BCUT2D eigenvalue weighted by molar-refractivity contribution is 6.37. The highest BCUT2D eigenvalue weighted by atomic mass is 19.1.